The van der Waals surface area contributed by atoms with Gasteiger partial charge in [-0.15, -0.1) is 11.8 Å². The number of hydrogen-bond donors (Lipinski definition) is 0. The largest absolute Gasteiger partial charge is 0.130 e. The lowest BCUT2D eigenvalue weighted by atomic mass is 10.0. The van der Waals surface area contributed by atoms with E-state index in [2.05, 4.69) is 61.7 Å². The fraction of sp³-hybridized carbons (Fsp3) is 0.143. The van der Waals surface area contributed by atoms with Crippen LogP contribution in [0.3, 0.4) is 0 Å². The van der Waals surface area contributed by atoms with E-state index in [1.165, 1.54) is 21.6 Å². The second kappa shape index (κ2) is 4.54. The maximum absolute atomic E-state index is 2.22. The molecule has 2 rings (SSSR count). The van der Waals surface area contributed by atoms with E-state index in [4.69, 9.17) is 0 Å². The van der Waals surface area contributed by atoms with Crippen LogP contribution in [0.1, 0.15) is 5.56 Å². The molecule has 0 nitrogen and oxygen atoms in total. The zero-order valence-electron chi connectivity index (χ0n) is 9.03. The van der Waals surface area contributed by atoms with Crippen molar-refractivity contribution >= 4 is 11.8 Å². The Balaban J connectivity index is 2.37. The van der Waals surface area contributed by atoms with Crippen molar-refractivity contribution in [2.24, 2.45) is 0 Å². The van der Waals surface area contributed by atoms with Crippen molar-refractivity contribution in [2.45, 2.75) is 11.8 Å². The van der Waals surface area contributed by atoms with Crippen LogP contribution < -0.4 is 0 Å². The highest BCUT2D eigenvalue weighted by molar-refractivity contribution is 7.98. The number of rotatable bonds is 2. The molecule has 0 bridgehead atoms. The number of benzene rings is 2. The Kier molecular flexibility index (Phi) is 3.12. The summed E-state index contributed by atoms with van der Waals surface area (Å²) in [6.45, 7) is 2.12. The lowest BCUT2D eigenvalue weighted by Crippen LogP contribution is -1.79. The Morgan fingerprint density at radius 1 is 0.867 bits per heavy atom. The Labute approximate surface area is 95.3 Å². The van der Waals surface area contributed by atoms with Gasteiger partial charge in [-0.1, -0.05) is 42.0 Å². The predicted molar refractivity (Wildman–Crippen MR) is 68.4 cm³/mol. The van der Waals surface area contributed by atoms with Crippen molar-refractivity contribution in [2.75, 3.05) is 6.26 Å². The molecule has 0 saturated carbocycles. The van der Waals surface area contributed by atoms with Crippen LogP contribution in [0.25, 0.3) is 11.1 Å². The first-order valence-electron chi connectivity index (χ1n) is 5.01. The summed E-state index contributed by atoms with van der Waals surface area (Å²) >= 11 is 1.78. The van der Waals surface area contributed by atoms with E-state index < -0.39 is 0 Å². The third-order valence-corrected chi connectivity index (χ3v) is 3.18. The third kappa shape index (κ3) is 2.42. The van der Waals surface area contributed by atoms with E-state index in [0.717, 1.165) is 0 Å². The quantitative estimate of drug-likeness (QED) is 0.668. The molecule has 0 aliphatic heterocycles. The van der Waals surface area contributed by atoms with Crippen LogP contribution in [0.2, 0.25) is 0 Å². The number of thioether (sulfide) groups is 1. The van der Waals surface area contributed by atoms with Crippen molar-refractivity contribution in [1.29, 1.82) is 0 Å². The van der Waals surface area contributed by atoms with E-state index >= 15 is 0 Å². The second-order valence-electron chi connectivity index (χ2n) is 3.60. The summed E-state index contributed by atoms with van der Waals surface area (Å²) in [5, 5.41) is 0. The van der Waals surface area contributed by atoms with Crippen molar-refractivity contribution in [3.05, 3.63) is 54.1 Å². The molecule has 0 radical (unpaired) electrons. The molecule has 2 aromatic carbocycles. The summed E-state index contributed by atoms with van der Waals surface area (Å²) in [6.07, 6.45) is 2.10. The molecule has 2 aromatic rings. The zero-order valence-corrected chi connectivity index (χ0v) is 9.84. The molecule has 0 heterocycles. The molecule has 15 heavy (non-hydrogen) atoms. The van der Waals surface area contributed by atoms with Crippen molar-refractivity contribution in [3.8, 4) is 11.1 Å². The molecule has 0 saturated heterocycles. The van der Waals surface area contributed by atoms with Gasteiger partial charge in [-0.3, -0.25) is 0 Å². The molecular formula is C14H14S. The van der Waals surface area contributed by atoms with Crippen LogP contribution in [-0.4, -0.2) is 6.26 Å². The molecule has 0 fully saturated rings. The molecule has 0 unspecified atom stereocenters. The lowest BCUT2D eigenvalue weighted by Gasteiger charge is -2.03. The normalized spacial score (nSPS) is 10.3. The molecule has 1 heteroatoms. The molecule has 0 spiro atoms. The van der Waals surface area contributed by atoms with Crippen LogP contribution in [0.5, 0.6) is 0 Å². The summed E-state index contributed by atoms with van der Waals surface area (Å²) in [5.41, 5.74) is 3.89. The summed E-state index contributed by atoms with van der Waals surface area (Å²) in [6, 6.07) is 17.3. The van der Waals surface area contributed by atoms with Gasteiger partial charge in [-0.25, -0.2) is 0 Å². The van der Waals surface area contributed by atoms with Gasteiger partial charge in [-0.2, -0.15) is 0 Å². The van der Waals surface area contributed by atoms with Gasteiger partial charge in [0, 0.05) is 4.90 Å². The zero-order chi connectivity index (χ0) is 10.7. The van der Waals surface area contributed by atoms with Gasteiger partial charge in [0.15, 0.2) is 0 Å². The Bertz CT molecular complexity index is 443. The van der Waals surface area contributed by atoms with Gasteiger partial charge in [0.05, 0.1) is 0 Å². The summed E-state index contributed by atoms with van der Waals surface area (Å²) < 4.78 is 0. The smallest absolute Gasteiger partial charge is 0.00695 e. The summed E-state index contributed by atoms with van der Waals surface area (Å²) in [7, 11) is 0. The van der Waals surface area contributed by atoms with Gasteiger partial charge < -0.3 is 0 Å². The van der Waals surface area contributed by atoms with Gasteiger partial charge in [0.2, 0.25) is 0 Å². The van der Waals surface area contributed by atoms with Crippen LogP contribution in [0, 0.1) is 6.92 Å². The molecule has 0 aliphatic rings. The van der Waals surface area contributed by atoms with Crippen molar-refractivity contribution in [3.63, 3.8) is 0 Å². The summed E-state index contributed by atoms with van der Waals surface area (Å²) in [4.78, 5) is 1.31. The molecule has 0 N–H and O–H groups in total. The average molecular weight is 214 g/mol. The van der Waals surface area contributed by atoms with E-state index in [0.29, 0.717) is 0 Å². The second-order valence-corrected chi connectivity index (χ2v) is 4.48. The van der Waals surface area contributed by atoms with Crippen molar-refractivity contribution in [1.82, 2.24) is 0 Å². The minimum Gasteiger partial charge on any atom is -0.130 e. The van der Waals surface area contributed by atoms with Crippen LogP contribution >= 0.6 is 11.8 Å². The summed E-state index contributed by atoms with van der Waals surface area (Å²) in [5.74, 6) is 0. The lowest BCUT2D eigenvalue weighted by molar-refractivity contribution is 1.44. The van der Waals surface area contributed by atoms with Crippen molar-refractivity contribution < 1.29 is 0 Å². The molecule has 0 aromatic heterocycles. The van der Waals surface area contributed by atoms with E-state index in [9.17, 15) is 0 Å². The van der Waals surface area contributed by atoms with Crippen LogP contribution in [0.4, 0.5) is 0 Å². The maximum atomic E-state index is 2.22. The fourth-order valence-corrected chi connectivity index (χ4v) is 2.02. The molecular weight excluding hydrogens is 200 g/mol. The topological polar surface area (TPSA) is 0 Å². The SMILES string of the molecule is CSc1ccc(-c2cccc(C)c2)cc1. The van der Waals surface area contributed by atoms with Crippen LogP contribution in [-0.2, 0) is 0 Å². The first kappa shape index (κ1) is 10.3. The Morgan fingerprint density at radius 2 is 1.60 bits per heavy atom. The van der Waals surface area contributed by atoms with Gasteiger partial charge >= 0.3 is 0 Å². The fourth-order valence-electron chi connectivity index (χ4n) is 1.61. The van der Waals surface area contributed by atoms with Crippen LogP contribution in [0.15, 0.2) is 53.4 Å². The molecule has 0 atom stereocenters. The van der Waals surface area contributed by atoms with Gasteiger partial charge in [0.25, 0.3) is 0 Å². The standard InChI is InChI=1S/C14H14S/c1-11-4-3-5-13(10-11)12-6-8-14(15-2)9-7-12/h3-10H,1-2H3. The maximum Gasteiger partial charge on any atom is 0.00695 e. The number of aryl methyl sites for hydroxylation is 1. The highest BCUT2D eigenvalue weighted by Gasteiger charge is 1.97. The van der Waals surface area contributed by atoms with E-state index in [-0.39, 0.29) is 0 Å². The average Bonchev–Trinajstić information content (AvgIpc) is 2.29. The third-order valence-electron chi connectivity index (χ3n) is 2.44. The molecule has 76 valence electrons. The highest BCUT2D eigenvalue weighted by atomic mass is 32.2. The minimum absolute atomic E-state index is 1.29. The minimum atomic E-state index is 1.29. The van der Waals surface area contributed by atoms with Gasteiger partial charge in [0.1, 0.15) is 0 Å². The number of hydrogen-bond acceptors (Lipinski definition) is 1. The Hall–Kier alpha value is -1.21. The first-order chi connectivity index (χ1) is 7.29. The molecule has 0 amide bonds. The first-order valence-corrected chi connectivity index (χ1v) is 6.23. The predicted octanol–water partition coefficient (Wildman–Crippen LogP) is 4.38. The molecule has 0 aliphatic carbocycles. The Morgan fingerprint density at radius 3 is 2.20 bits per heavy atom. The van der Waals surface area contributed by atoms with Gasteiger partial charge in [-0.05, 0) is 36.4 Å². The monoisotopic (exact) mass is 214 g/mol. The highest BCUT2D eigenvalue weighted by Crippen LogP contribution is 2.23. The van der Waals surface area contributed by atoms with E-state index in [1.807, 2.05) is 0 Å². The van der Waals surface area contributed by atoms with E-state index in [1.54, 1.807) is 11.8 Å².